The van der Waals surface area contributed by atoms with Crippen LogP contribution in [0.4, 0.5) is 5.95 Å². The molecular weight excluding hydrogens is 258 g/mol. The van der Waals surface area contributed by atoms with Gasteiger partial charge >= 0.3 is 0 Å². The third-order valence-electron chi connectivity index (χ3n) is 1.91. The number of ether oxygens (including phenoxy) is 1. The van der Waals surface area contributed by atoms with Crippen molar-refractivity contribution in [3.05, 3.63) is 10.7 Å². The Bertz CT molecular complexity index is 318. The molecule has 1 heterocycles. The minimum atomic E-state index is 0.553. The van der Waals surface area contributed by atoms with Gasteiger partial charge in [-0.05, 0) is 28.3 Å². The molecule has 4 nitrogen and oxygen atoms in total. The molecule has 0 aliphatic heterocycles. The summed E-state index contributed by atoms with van der Waals surface area (Å²) in [6.45, 7) is 5.25. The van der Waals surface area contributed by atoms with E-state index in [2.05, 4.69) is 45.1 Å². The van der Waals surface area contributed by atoms with Crippen molar-refractivity contribution < 1.29 is 4.74 Å². The molecule has 0 radical (unpaired) electrons. The Labute approximate surface area is 98.6 Å². The molecule has 0 atom stereocenters. The summed E-state index contributed by atoms with van der Waals surface area (Å²) < 4.78 is 5.84. The van der Waals surface area contributed by atoms with E-state index >= 15 is 0 Å². The van der Waals surface area contributed by atoms with Gasteiger partial charge in [0.2, 0.25) is 11.8 Å². The van der Waals surface area contributed by atoms with E-state index in [9.17, 15) is 0 Å². The van der Waals surface area contributed by atoms with E-state index in [4.69, 9.17) is 4.74 Å². The Morgan fingerprint density at radius 3 is 2.87 bits per heavy atom. The molecule has 5 heteroatoms. The lowest BCUT2D eigenvalue weighted by Crippen LogP contribution is -2.08. The Morgan fingerprint density at radius 2 is 2.27 bits per heavy atom. The Hall–Kier alpha value is -0.840. The van der Waals surface area contributed by atoms with Gasteiger partial charge in [-0.3, -0.25) is 0 Å². The molecule has 1 aromatic rings. The number of aromatic nitrogens is 2. The van der Waals surface area contributed by atoms with Crippen LogP contribution in [0.5, 0.6) is 5.88 Å². The van der Waals surface area contributed by atoms with Crippen molar-refractivity contribution >= 4 is 21.9 Å². The second-order valence-electron chi connectivity index (χ2n) is 3.66. The van der Waals surface area contributed by atoms with Crippen molar-refractivity contribution in [3.8, 4) is 5.88 Å². The molecule has 1 rings (SSSR count). The van der Waals surface area contributed by atoms with E-state index in [-0.39, 0.29) is 0 Å². The predicted molar refractivity (Wildman–Crippen MR) is 64.2 cm³/mol. The zero-order valence-corrected chi connectivity index (χ0v) is 10.8. The number of methoxy groups -OCH3 is 1. The van der Waals surface area contributed by atoms with E-state index < -0.39 is 0 Å². The van der Waals surface area contributed by atoms with Crippen molar-refractivity contribution in [2.24, 2.45) is 5.92 Å². The number of nitrogens with one attached hydrogen (secondary N) is 1. The first-order valence-electron chi connectivity index (χ1n) is 4.94. The zero-order chi connectivity index (χ0) is 11.3. The lowest BCUT2D eigenvalue weighted by molar-refractivity contribution is 0.394. The van der Waals surface area contributed by atoms with E-state index in [1.807, 2.05) is 0 Å². The number of rotatable bonds is 5. The standard InChI is InChI=1S/C10H16BrN3O/c1-7(2)4-5-12-10-13-6-8(11)9(14-10)15-3/h6-7H,4-5H2,1-3H3,(H,12,13,14). The van der Waals surface area contributed by atoms with Gasteiger partial charge in [-0.2, -0.15) is 4.98 Å². The summed E-state index contributed by atoms with van der Waals surface area (Å²) in [5, 5.41) is 3.15. The summed E-state index contributed by atoms with van der Waals surface area (Å²) in [5.41, 5.74) is 0. The summed E-state index contributed by atoms with van der Waals surface area (Å²) in [5.74, 6) is 1.84. The summed E-state index contributed by atoms with van der Waals surface area (Å²) in [4.78, 5) is 8.33. The molecular formula is C10H16BrN3O. The quantitative estimate of drug-likeness (QED) is 0.896. The van der Waals surface area contributed by atoms with E-state index in [0.717, 1.165) is 17.4 Å². The number of nitrogens with zero attached hydrogens (tertiary/aromatic N) is 2. The van der Waals surface area contributed by atoms with Crippen LogP contribution in [0, 0.1) is 5.92 Å². The second kappa shape index (κ2) is 5.90. The fourth-order valence-corrected chi connectivity index (χ4v) is 1.41. The molecule has 0 saturated heterocycles. The van der Waals surface area contributed by atoms with Crippen molar-refractivity contribution in [2.45, 2.75) is 20.3 Å². The zero-order valence-electron chi connectivity index (χ0n) is 9.25. The highest BCUT2D eigenvalue weighted by atomic mass is 79.9. The molecule has 1 N–H and O–H groups in total. The molecule has 0 amide bonds. The third-order valence-corrected chi connectivity index (χ3v) is 2.45. The van der Waals surface area contributed by atoms with Gasteiger partial charge in [-0.15, -0.1) is 0 Å². The summed E-state index contributed by atoms with van der Waals surface area (Å²) >= 11 is 3.30. The van der Waals surface area contributed by atoms with Crippen LogP contribution in [0.25, 0.3) is 0 Å². The van der Waals surface area contributed by atoms with Crippen LogP contribution in [0.15, 0.2) is 10.7 Å². The highest BCUT2D eigenvalue weighted by Crippen LogP contribution is 2.21. The first-order chi connectivity index (χ1) is 7.13. The molecule has 0 aliphatic carbocycles. The summed E-state index contributed by atoms with van der Waals surface area (Å²) in [7, 11) is 1.59. The molecule has 1 aromatic heterocycles. The Morgan fingerprint density at radius 1 is 1.53 bits per heavy atom. The summed E-state index contributed by atoms with van der Waals surface area (Å²) in [6, 6.07) is 0. The predicted octanol–water partition coefficient (Wildman–Crippen LogP) is 2.71. The molecule has 0 bridgehead atoms. The van der Waals surface area contributed by atoms with E-state index in [1.54, 1.807) is 13.3 Å². The average Bonchev–Trinajstić information content (AvgIpc) is 2.20. The van der Waals surface area contributed by atoms with Gasteiger partial charge < -0.3 is 10.1 Å². The fraction of sp³-hybridized carbons (Fsp3) is 0.600. The van der Waals surface area contributed by atoms with Crippen molar-refractivity contribution in [1.82, 2.24) is 9.97 Å². The Kier molecular flexibility index (Phi) is 4.81. The molecule has 0 fully saturated rings. The average molecular weight is 274 g/mol. The van der Waals surface area contributed by atoms with Gasteiger partial charge in [0, 0.05) is 6.54 Å². The highest BCUT2D eigenvalue weighted by molar-refractivity contribution is 9.10. The molecule has 0 aliphatic rings. The normalized spacial score (nSPS) is 10.5. The molecule has 0 aromatic carbocycles. The van der Waals surface area contributed by atoms with Crippen molar-refractivity contribution in [3.63, 3.8) is 0 Å². The van der Waals surface area contributed by atoms with Gasteiger partial charge in [0.05, 0.1) is 17.8 Å². The van der Waals surface area contributed by atoms with Crippen LogP contribution in [-0.2, 0) is 0 Å². The van der Waals surface area contributed by atoms with Gasteiger partial charge in [0.1, 0.15) is 0 Å². The van der Waals surface area contributed by atoms with Crippen molar-refractivity contribution in [2.75, 3.05) is 19.0 Å². The van der Waals surface area contributed by atoms with Crippen LogP contribution >= 0.6 is 15.9 Å². The minimum absolute atomic E-state index is 0.553. The molecule has 0 spiro atoms. The Balaban J connectivity index is 2.54. The maximum atomic E-state index is 5.08. The molecule has 15 heavy (non-hydrogen) atoms. The van der Waals surface area contributed by atoms with Crippen LogP contribution in [0.1, 0.15) is 20.3 Å². The molecule has 0 saturated carbocycles. The van der Waals surface area contributed by atoms with Crippen LogP contribution in [-0.4, -0.2) is 23.6 Å². The number of hydrogen-bond acceptors (Lipinski definition) is 4. The van der Waals surface area contributed by atoms with E-state index in [0.29, 0.717) is 17.7 Å². The lowest BCUT2D eigenvalue weighted by atomic mass is 10.1. The number of halogens is 1. The third kappa shape index (κ3) is 4.03. The topological polar surface area (TPSA) is 47.0 Å². The fourth-order valence-electron chi connectivity index (χ4n) is 1.05. The van der Waals surface area contributed by atoms with Crippen LogP contribution in [0.3, 0.4) is 0 Å². The SMILES string of the molecule is COc1nc(NCCC(C)C)ncc1Br. The highest BCUT2D eigenvalue weighted by Gasteiger charge is 2.04. The maximum absolute atomic E-state index is 5.08. The molecule has 84 valence electrons. The minimum Gasteiger partial charge on any atom is -0.480 e. The van der Waals surface area contributed by atoms with Crippen LogP contribution < -0.4 is 10.1 Å². The first-order valence-corrected chi connectivity index (χ1v) is 5.73. The van der Waals surface area contributed by atoms with Gasteiger partial charge in [-0.1, -0.05) is 13.8 Å². The first kappa shape index (κ1) is 12.2. The second-order valence-corrected chi connectivity index (χ2v) is 4.51. The summed E-state index contributed by atoms with van der Waals surface area (Å²) in [6.07, 6.45) is 2.78. The van der Waals surface area contributed by atoms with E-state index in [1.165, 1.54) is 0 Å². The largest absolute Gasteiger partial charge is 0.480 e. The van der Waals surface area contributed by atoms with Gasteiger partial charge in [0.25, 0.3) is 0 Å². The number of anilines is 1. The van der Waals surface area contributed by atoms with Gasteiger partial charge in [0.15, 0.2) is 0 Å². The monoisotopic (exact) mass is 273 g/mol. The van der Waals surface area contributed by atoms with Crippen molar-refractivity contribution in [1.29, 1.82) is 0 Å². The maximum Gasteiger partial charge on any atom is 0.232 e. The lowest BCUT2D eigenvalue weighted by Gasteiger charge is -2.08. The van der Waals surface area contributed by atoms with Gasteiger partial charge in [-0.25, -0.2) is 4.98 Å². The van der Waals surface area contributed by atoms with Crippen LogP contribution in [0.2, 0.25) is 0 Å². The smallest absolute Gasteiger partial charge is 0.232 e. The number of hydrogen-bond donors (Lipinski definition) is 1. The molecule has 0 unspecified atom stereocenters.